The quantitative estimate of drug-likeness (QED) is 0.495. The number of hydrogen-bond acceptors (Lipinski definition) is 3. The molecule has 1 aliphatic rings. The van der Waals surface area contributed by atoms with Crippen LogP contribution in [0.2, 0.25) is 0 Å². The predicted octanol–water partition coefficient (Wildman–Crippen LogP) is 6.33. The lowest BCUT2D eigenvalue weighted by Crippen LogP contribution is -2.31. The smallest absolute Gasteiger partial charge is 0.258 e. The topological polar surface area (TPSA) is 49.4 Å². The normalized spacial score (nSPS) is 13.4. The Kier molecular flexibility index (Phi) is 6.82. The lowest BCUT2D eigenvalue weighted by Gasteiger charge is -2.21. The second-order valence-electron chi connectivity index (χ2n) is 7.97. The number of amides is 2. The molecule has 1 aliphatic heterocycles. The van der Waals surface area contributed by atoms with E-state index in [2.05, 4.69) is 17.6 Å². The van der Waals surface area contributed by atoms with E-state index >= 15 is 0 Å². The Morgan fingerprint density at radius 1 is 0.968 bits per heavy atom. The van der Waals surface area contributed by atoms with E-state index in [0.29, 0.717) is 16.8 Å². The van der Waals surface area contributed by atoms with Crippen LogP contribution in [0, 0.1) is 0 Å². The molecule has 0 saturated heterocycles. The first-order valence-corrected chi connectivity index (χ1v) is 11.9. The van der Waals surface area contributed by atoms with Gasteiger partial charge in [-0.2, -0.15) is 0 Å². The molecule has 2 heterocycles. The number of nitrogens with zero attached hydrogens (tertiary/aromatic N) is 1. The summed E-state index contributed by atoms with van der Waals surface area (Å²) in [6.45, 7) is 2.92. The Bertz CT molecular complexity index is 1040. The maximum atomic E-state index is 13.1. The average Bonchev–Trinajstić information content (AvgIpc) is 3.17. The van der Waals surface area contributed by atoms with Crippen LogP contribution in [0.15, 0.2) is 60.0 Å². The van der Waals surface area contributed by atoms with Gasteiger partial charge in [-0.15, -0.1) is 11.3 Å². The summed E-state index contributed by atoms with van der Waals surface area (Å²) in [7, 11) is 0. The zero-order valence-electron chi connectivity index (χ0n) is 17.9. The summed E-state index contributed by atoms with van der Waals surface area (Å²) < 4.78 is 0. The van der Waals surface area contributed by atoms with Gasteiger partial charge in [0.15, 0.2) is 0 Å². The second kappa shape index (κ2) is 9.92. The van der Waals surface area contributed by atoms with Gasteiger partial charge in [0.05, 0.1) is 5.69 Å². The van der Waals surface area contributed by atoms with Crippen molar-refractivity contribution in [2.24, 2.45) is 0 Å². The Balaban J connectivity index is 1.41. The fraction of sp³-hybridized carbons (Fsp3) is 0.308. The summed E-state index contributed by atoms with van der Waals surface area (Å²) in [5, 5.41) is 4.99. The largest absolute Gasteiger partial charge is 0.322 e. The number of benzene rings is 2. The van der Waals surface area contributed by atoms with Crippen molar-refractivity contribution in [3.05, 3.63) is 81.5 Å². The first-order chi connectivity index (χ1) is 15.2. The van der Waals surface area contributed by atoms with E-state index in [1.807, 2.05) is 35.2 Å². The number of aryl methyl sites for hydroxylation is 2. The highest BCUT2D eigenvalue weighted by Crippen LogP contribution is 2.32. The van der Waals surface area contributed by atoms with Crippen molar-refractivity contribution in [1.29, 1.82) is 0 Å². The Hall–Kier alpha value is -2.92. The van der Waals surface area contributed by atoms with E-state index in [4.69, 9.17) is 0 Å². The number of carbonyl (C=O) groups excluding carboxylic acids is 2. The van der Waals surface area contributed by atoms with Crippen LogP contribution in [0.3, 0.4) is 0 Å². The van der Waals surface area contributed by atoms with Crippen LogP contribution in [-0.4, -0.2) is 18.4 Å². The van der Waals surface area contributed by atoms with Gasteiger partial charge < -0.3 is 10.2 Å². The lowest BCUT2D eigenvalue weighted by atomic mass is 10.1. The molecule has 5 heteroatoms. The molecule has 4 rings (SSSR count). The molecular weight excluding hydrogens is 404 g/mol. The summed E-state index contributed by atoms with van der Waals surface area (Å²) in [6.07, 6.45) is 6.52. The van der Waals surface area contributed by atoms with Crippen molar-refractivity contribution >= 4 is 34.5 Å². The monoisotopic (exact) mass is 432 g/mol. The van der Waals surface area contributed by atoms with Gasteiger partial charge in [0.25, 0.3) is 11.8 Å². The van der Waals surface area contributed by atoms with Gasteiger partial charge in [0.2, 0.25) is 0 Å². The van der Waals surface area contributed by atoms with Crippen molar-refractivity contribution in [3.8, 4) is 0 Å². The minimum atomic E-state index is -0.142. The highest BCUT2D eigenvalue weighted by molar-refractivity contribution is 7.10. The molecule has 0 bridgehead atoms. The van der Waals surface area contributed by atoms with E-state index in [1.165, 1.54) is 10.4 Å². The number of hydrogen-bond donors (Lipinski definition) is 1. The SMILES string of the molecule is CCCCc1ccc(C(=O)Nc2ccc(C(=O)N3CCCCc4sccc43)cc2)cc1. The summed E-state index contributed by atoms with van der Waals surface area (Å²) in [5.74, 6) is -0.126. The van der Waals surface area contributed by atoms with Gasteiger partial charge >= 0.3 is 0 Å². The van der Waals surface area contributed by atoms with Crippen molar-refractivity contribution in [1.82, 2.24) is 0 Å². The maximum Gasteiger partial charge on any atom is 0.258 e. The highest BCUT2D eigenvalue weighted by atomic mass is 32.1. The molecule has 0 fully saturated rings. The van der Waals surface area contributed by atoms with Crippen LogP contribution in [0.1, 0.15) is 63.8 Å². The number of nitrogens with one attached hydrogen (secondary N) is 1. The molecule has 1 N–H and O–H groups in total. The predicted molar refractivity (Wildman–Crippen MR) is 128 cm³/mol. The Labute approximate surface area is 187 Å². The first-order valence-electron chi connectivity index (χ1n) is 11.0. The van der Waals surface area contributed by atoms with Crippen LogP contribution in [0.25, 0.3) is 0 Å². The van der Waals surface area contributed by atoms with E-state index in [0.717, 1.165) is 50.8 Å². The van der Waals surface area contributed by atoms with E-state index in [-0.39, 0.29) is 11.8 Å². The lowest BCUT2D eigenvalue weighted by molar-refractivity contribution is 0.0986. The van der Waals surface area contributed by atoms with Crippen molar-refractivity contribution in [2.45, 2.75) is 45.4 Å². The van der Waals surface area contributed by atoms with E-state index < -0.39 is 0 Å². The molecule has 4 nitrogen and oxygen atoms in total. The second-order valence-corrected chi connectivity index (χ2v) is 8.98. The molecular formula is C26H28N2O2S. The molecule has 3 aromatic rings. The van der Waals surface area contributed by atoms with E-state index in [9.17, 15) is 9.59 Å². The van der Waals surface area contributed by atoms with E-state index in [1.54, 1.807) is 35.6 Å². The third-order valence-electron chi connectivity index (χ3n) is 5.72. The van der Waals surface area contributed by atoms with Crippen LogP contribution in [-0.2, 0) is 12.8 Å². The zero-order chi connectivity index (χ0) is 21.6. The number of carbonyl (C=O) groups is 2. The third kappa shape index (κ3) is 5.05. The zero-order valence-corrected chi connectivity index (χ0v) is 18.7. The van der Waals surface area contributed by atoms with Gasteiger partial charge in [-0.3, -0.25) is 9.59 Å². The molecule has 2 aromatic carbocycles. The average molecular weight is 433 g/mol. The maximum absolute atomic E-state index is 13.1. The van der Waals surface area contributed by atoms with Gasteiger partial charge in [0.1, 0.15) is 0 Å². The summed E-state index contributed by atoms with van der Waals surface area (Å²) >= 11 is 1.73. The van der Waals surface area contributed by atoms with Crippen molar-refractivity contribution in [3.63, 3.8) is 0 Å². The van der Waals surface area contributed by atoms with Crippen LogP contribution >= 0.6 is 11.3 Å². The molecule has 0 unspecified atom stereocenters. The van der Waals surface area contributed by atoms with Gasteiger partial charge in [0, 0.05) is 28.2 Å². The van der Waals surface area contributed by atoms with Crippen LogP contribution in [0.4, 0.5) is 11.4 Å². The summed E-state index contributed by atoms with van der Waals surface area (Å²) in [6, 6.07) is 17.0. The fourth-order valence-electron chi connectivity index (χ4n) is 3.91. The van der Waals surface area contributed by atoms with Gasteiger partial charge in [-0.05, 0) is 85.5 Å². The third-order valence-corrected chi connectivity index (χ3v) is 6.69. The van der Waals surface area contributed by atoms with Crippen LogP contribution in [0.5, 0.6) is 0 Å². The number of rotatable bonds is 6. The first kappa shape index (κ1) is 21.3. The number of fused-ring (bicyclic) bond motifs is 1. The molecule has 1 aromatic heterocycles. The Morgan fingerprint density at radius 3 is 2.45 bits per heavy atom. The molecule has 0 aliphatic carbocycles. The minimum Gasteiger partial charge on any atom is -0.322 e. The molecule has 0 spiro atoms. The summed E-state index contributed by atoms with van der Waals surface area (Å²) in [4.78, 5) is 28.9. The van der Waals surface area contributed by atoms with Crippen molar-refractivity contribution < 1.29 is 9.59 Å². The molecule has 0 radical (unpaired) electrons. The fourth-order valence-corrected chi connectivity index (χ4v) is 4.83. The number of thiophene rings is 1. The van der Waals surface area contributed by atoms with Gasteiger partial charge in [-0.25, -0.2) is 0 Å². The summed E-state index contributed by atoms with van der Waals surface area (Å²) in [5.41, 5.74) is 4.26. The minimum absolute atomic E-state index is 0.0158. The molecule has 160 valence electrons. The molecule has 0 saturated carbocycles. The number of unbranched alkanes of at least 4 members (excludes halogenated alkanes) is 1. The number of anilines is 2. The standard InChI is InChI=1S/C26H28N2O2S/c1-2-3-6-19-8-10-20(11-9-19)25(29)27-22-14-12-21(13-15-22)26(30)28-17-5-4-7-24-23(28)16-18-31-24/h8-16,18H,2-7,17H2,1H3,(H,27,29). The van der Waals surface area contributed by atoms with Crippen LogP contribution < -0.4 is 10.2 Å². The molecule has 0 atom stereocenters. The highest BCUT2D eigenvalue weighted by Gasteiger charge is 2.23. The van der Waals surface area contributed by atoms with Crippen molar-refractivity contribution in [2.75, 3.05) is 16.8 Å². The van der Waals surface area contributed by atoms with Gasteiger partial charge in [-0.1, -0.05) is 25.5 Å². The Morgan fingerprint density at radius 2 is 1.71 bits per heavy atom. The molecule has 31 heavy (non-hydrogen) atoms. The molecule has 2 amide bonds.